The number of nitrogens with one attached hydrogen (secondary N) is 1. The van der Waals surface area contributed by atoms with Crippen molar-refractivity contribution in [1.29, 1.82) is 5.26 Å². The first-order valence-electron chi connectivity index (χ1n) is 10.4. The van der Waals surface area contributed by atoms with Gasteiger partial charge in [0.1, 0.15) is 5.54 Å². The fourth-order valence-corrected chi connectivity index (χ4v) is 6.22. The highest BCUT2D eigenvalue weighted by Gasteiger charge is 2.42. The number of carbonyl (C=O) groups excluding carboxylic acids is 1. The summed E-state index contributed by atoms with van der Waals surface area (Å²) in [4.78, 5) is 9.96. The Morgan fingerprint density at radius 2 is 1.82 bits per heavy atom. The number of ether oxygens (including phenoxy) is 1. The highest BCUT2D eigenvalue weighted by molar-refractivity contribution is 7.92. The maximum Gasteiger partial charge on any atom is 0.208 e. The van der Waals surface area contributed by atoms with E-state index in [0.29, 0.717) is 42.3 Å². The fraction of sp³-hybridized carbons (Fsp3) is 0.391. The summed E-state index contributed by atoms with van der Waals surface area (Å²) < 4.78 is 31.4. The summed E-state index contributed by atoms with van der Waals surface area (Å²) in [6, 6.07) is 13.9. The minimum Gasteiger partial charge on any atom is -0.373 e. The summed E-state index contributed by atoms with van der Waals surface area (Å²) in [7, 11) is -3.45. The second-order valence-electron chi connectivity index (χ2n) is 8.05. The van der Waals surface area contributed by atoms with Crippen molar-refractivity contribution in [2.45, 2.75) is 60.5 Å². The summed E-state index contributed by atoms with van der Waals surface area (Å²) in [5.41, 5.74) is 0.439. The molecular formula is C23H23Cl3N2O4S. The van der Waals surface area contributed by atoms with Crippen LogP contribution in [0.2, 0.25) is 15.1 Å². The molecule has 1 N–H and O–H groups in total. The highest BCUT2D eigenvalue weighted by Crippen LogP contribution is 2.35. The van der Waals surface area contributed by atoms with Gasteiger partial charge in [0.25, 0.3) is 0 Å². The number of sulfone groups is 1. The summed E-state index contributed by atoms with van der Waals surface area (Å²) in [5.74, 6) is 0. The third kappa shape index (κ3) is 6.62. The van der Waals surface area contributed by atoms with Crippen molar-refractivity contribution in [3.63, 3.8) is 0 Å². The van der Waals surface area contributed by atoms with Gasteiger partial charge in [-0.15, -0.1) is 0 Å². The number of nitrogens with zero attached hydrogens (tertiary/aromatic N) is 1. The third-order valence-electron chi connectivity index (χ3n) is 5.69. The molecule has 2 aromatic carbocycles. The number of amides is 1. The van der Waals surface area contributed by atoms with Crippen LogP contribution in [-0.4, -0.2) is 31.7 Å². The van der Waals surface area contributed by atoms with Crippen LogP contribution in [0.25, 0.3) is 0 Å². The number of rotatable bonds is 7. The molecule has 2 atom stereocenters. The molecule has 0 bridgehead atoms. The van der Waals surface area contributed by atoms with Crippen LogP contribution in [0.1, 0.15) is 37.7 Å². The molecule has 0 aromatic heterocycles. The first kappa shape index (κ1) is 25.8. The average Bonchev–Trinajstić information content (AvgIpc) is 3.40. The van der Waals surface area contributed by atoms with Crippen LogP contribution in [0.4, 0.5) is 0 Å². The van der Waals surface area contributed by atoms with Crippen molar-refractivity contribution in [2.75, 3.05) is 0 Å². The maximum absolute atomic E-state index is 12.8. The molecule has 4 rings (SSSR count). The van der Waals surface area contributed by atoms with Gasteiger partial charge in [-0.3, -0.25) is 4.79 Å². The van der Waals surface area contributed by atoms with Gasteiger partial charge in [0.15, 0.2) is 9.84 Å². The minimum absolute atomic E-state index is 0.100. The average molecular weight is 530 g/mol. The Labute approximate surface area is 208 Å². The van der Waals surface area contributed by atoms with Crippen LogP contribution in [-0.2, 0) is 26.0 Å². The predicted octanol–water partition coefficient (Wildman–Crippen LogP) is 5.35. The number of hydrogen-bond acceptors (Lipinski definition) is 5. The SMILES string of the molecule is N#CC1(NC=O)CC1.O=S(=O)(c1ccccc1Cl)[C@@H]1CC[C@H](OCc2ccc(Cl)c(Cl)c2)C1. The molecule has 0 saturated heterocycles. The van der Waals surface area contributed by atoms with Crippen molar-refractivity contribution in [3.8, 4) is 6.07 Å². The van der Waals surface area contributed by atoms with Crippen LogP contribution in [0.3, 0.4) is 0 Å². The normalized spacial score (nSPS) is 20.8. The summed E-state index contributed by atoms with van der Waals surface area (Å²) in [6.45, 7) is 0.375. The van der Waals surface area contributed by atoms with Gasteiger partial charge in [0, 0.05) is 0 Å². The van der Waals surface area contributed by atoms with E-state index in [-0.39, 0.29) is 16.0 Å². The van der Waals surface area contributed by atoms with Gasteiger partial charge in [-0.05, 0) is 61.9 Å². The van der Waals surface area contributed by atoms with Gasteiger partial charge in [-0.25, -0.2) is 8.42 Å². The van der Waals surface area contributed by atoms with Crippen LogP contribution in [0.5, 0.6) is 0 Å². The van der Waals surface area contributed by atoms with Gasteiger partial charge < -0.3 is 10.1 Å². The Bertz CT molecular complexity index is 1150. The number of hydrogen-bond donors (Lipinski definition) is 1. The molecule has 1 amide bonds. The van der Waals surface area contributed by atoms with E-state index in [0.717, 1.165) is 18.4 Å². The zero-order valence-corrected chi connectivity index (χ0v) is 20.7. The summed E-state index contributed by atoms with van der Waals surface area (Å²) in [6.07, 6.45) is 3.84. The van der Waals surface area contributed by atoms with Gasteiger partial charge in [0.05, 0.1) is 44.0 Å². The van der Waals surface area contributed by atoms with Crippen molar-refractivity contribution >= 4 is 51.1 Å². The van der Waals surface area contributed by atoms with Crippen LogP contribution < -0.4 is 5.32 Å². The number of carbonyl (C=O) groups is 1. The number of benzene rings is 2. The molecule has 0 aliphatic heterocycles. The topological polar surface area (TPSA) is 96.3 Å². The molecule has 6 nitrogen and oxygen atoms in total. The highest BCUT2D eigenvalue weighted by atomic mass is 35.5. The van der Waals surface area contributed by atoms with Crippen LogP contribution >= 0.6 is 34.8 Å². The molecule has 2 saturated carbocycles. The lowest BCUT2D eigenvalue weighted by Gasteiger charge is -2.14. The monoisotopic (exact) mass is 528 g/mol. The smallest absolute Gasteiger partial charge is 0.208 e. The molecule has 2 fully saturated rings. The van der Waals surface area contributed by atoms with Crippen molar-refractivity contribution in [2.24, 2.45) is 0 Å². The molecule has 10 heteroatoms. The quantitative estimate of drug-likeness (QED) is 0.488. The Hall–Kier alpha value is -1.82. The van der Waals surface area contributed by atoms with E-state index in [2.05, 4.69) is 5.32 Å². The number of nitriles is 1. The van der Waals surface area contributed by atoms with E-state index in [4.69, 9.17) is 44.8 Å². The molecule has 176 valence electrons. The van der Waals surface area contributed by atoms with E-state index >= 15 is 0 Å². The molecular weight excluding hydrogens is 507 g/mol. The second kappa shape index (κ2) is 11.1. The second-order valence-corrected chi connectivity index (χ2v) is 11.5. The van der Waals surface area contributed by atoms with E-state index in [1.807, 2.05) is 12.1 Å². The van der Waals surface area contributed by atoms with Crippen LogP contribution in [0.15, 0.2) is 47.4 Å². The first-order valence-corrected chi connectivity index (χ1v) is 13.1. The lowest BCUT2D eigenvalue weighted by molar-refractivity contribution is -0.110. The molecule has 2 aromatic rings. The Morgan fingerprint density at radius 3 is 2.39 bits per heavy atom. The van der Waals surface area contributed by atoms with Crippen molar-refractivity contribution in [3.05, 3.63) is 63.1 Å². The van der Waals surface area contributed by atoms with Gasteiger partial charge in [0.2, 0.25) is 6.41 Å². The Kier molecular flexibility index (Phi) is 8.65. The molecule has 2 aliphatic carbocycles. The fourth-order valence-electron chi connectivity index (χ4n) is 3.56. The summed E-state index contributed by atoms with van der Waals surface area (Å²) >= 11 is 18.0. The van der Waals surface area contributed by atoms with Crippen molar-refractivity contribution in [1.82, 2.24) is 5.32 Å². The van der Waals surface area contributed by atoms with Gasteiger partial charge in [-0.1, -0.05) is 53.0 Å². The molecule has 0 spiro atoms. The van der Waals surface area contributed by atoms with Crippen molar-refractivity contribution < 1.29 is 17.9 Å². The van der Waals surface area contributed by atoms with E-state index in [1.54, 1.807) is 36.4 Å². The molecule has 2 aliphatic rings. The zero-order chi connectivity index (χ0) is 24.1. The zero-order valence-electron chi connectivity index (χ0n) is 17.6. The van der Waals surface area contributed by atoms with Crippen LogP contribution in [0, 0.1) is 11.3 Å². The van der Waals surface area contributed by atoms with E-state index < -0.39 is 20.6 Å². The maximum atomic E-state index is 12.8. The molecule has 33 heavy (non-hydrogen) atoms. The Balaban J connectivity index is 0.000000323. The lowest BCUT2D eigenvalue weighted by atomic mass is 10.2. The van der Waals surface area contributed by atoms with E-state index in [9.17, 15) is 13.2 Å². The number of halogens is 3. The third-order valence-corrected chi connectivity index (χ3v) is 9.14. The van der Waals surface area contributed by atoms with E-state index in [1.165, 1.54) is 0 Å². The summed E-state index contributed by atoms with van der Waals surface area (Å²) in [5, 5.41) is 11.5. The van der Waals surface area contributed by atoms with Gasteiger partial charge in [-0.2, -0.15) is 5.26 Å². The standard InChI is InChI=1S/C18H17Cl3O3S.C5H6N2O/c19-15-8-5-12(9-17(15)21)11-24-13-6-7-14(10-13)25(22,23)18-4-2-1-3-16(18)20;6-3-5(1-2-5)7-4-8/h1-5,8-9,13-14H,6-7,10-11H2;4H,1-2H2,(H,7,8)/t13-,14+;/m0./s1. The largest absolute Gasteiger partial charge is 0.373 e. The first-order chi connectivity index (χ1) is 15.7. The van der Waals surface area contributed by atoms with Gasteiger partial charge >= 0.3 is 0 Å². The minimum atomic E-state index is -3.45. The molecule has 0 unspecified atom stereocenters. The molecule has 0 radical (unpaired) electrons. The molecule has 0 heterocycles. The predicted molar refractivity (Wildman–Crippen MR) is 128 cm³/mol. The lowest BCUT2D eigenvalue weighted by Crippen LogP contribution is -2.27. The Morgan fingerprint density at radius 1 is 1.09 bits per heavy atom.